The van der Waals surface area contributed by atoms with Crippen LogP contribution in [0.15, 0.2) is 80.9 Å². The second-order valence-corrected chi connectivity index (χ2v) is 10.7. The van der Waals surface area contributed by atoms with Crippen molar-refractivity contribution in [3.05, 3.63) is 81.5 Å². The summed E-state index contributed by atoms with van der Waals surface area (Å²) in [4.78, 5) is 16.4. The Morgan fingerprint density at radius 2 is 1.97 bits per heavy atom. The molecule has 5 heteroatoms. The smallest absolute Gasteiger partial charge is 0.288 e. The summed E-state index contributed by atoms with van der Waals surface area (Å²) in [6, 6.07) is 15.9. The van der Waals surface area contributed by atoms with Crippen LogP contribution >= 0.6 is 15.9 Å². The van der Waals surface area contributed by atoms with Crippen LogP contribution in [0.5, 0.6) is 0 Å². The molecule has 0 radical (unpaired) electrons. The summed E-state index contributed by atoms with van der Waals surface area (Å²) < 4.78 is 0.966. The van der Waals surface area contributed by atoms with Gasteiger partial charge in [0.05, 0.1) is 0 Å². The summed E-state index contributed by atoms with van der Waals surface area (Å²) in [7, 11) is 0. The highest BCUT2D eigenvalue weighted by atomic mass is 79.9. The maximum Gasteiger partial charge on any atom is 0.288 e. The Kier molecular flexibility index (Phi) is 7.22. The number of hydrogen-bond acceptors (Lipinski definition) is 2. The highest BCUT2D eigenvalue weighted by Gasteiger charge is 2.27. The fourth-order valence-electron chi connectivity index (χ4n) is 4.93. The Morgan fingerprint density at radius 1 is 1.21 bits per heavy atom. The minimum absolute atomic E-state index is 0.253. The van der Waals surface area contributed by atoms with Gasteiger partial charge in [-0.25, -0.2) is 5.43 Å². The van der Waals surface area contributed by atoms with E-state index in [4.69, 9.17) is 0 Å². The molecule has 1 aromatic heterocycles. The molecular formula is C29H32BrN3O. The average Bonchev–Trinajstić information content (AvgIpc) is 3.17. The lowest BCUT2D eigenvalue weighted by Crippen LogP contribution is -2.20. The molecule has 0 fully saturated rings. The van der Waals surface area contributed by atoms with E-state index in [0.29, 0.717) is 5.69 Å². The van der Waals surface area contributed by atoms with Crippen LogP contribution in [-0.2, 0) is 0 Å². The van der Waals surface area contributed by atoms with Gasteiger partial charge >= 0.3 is 0 Å². The minimum atomic E-state index is -0.262. The van der Waals surface area contributed by atoms with E-state index in [9.17, 15) is 4.79 Å². The third-order valence-electron chi connectivity index (χ3n) is 6.80. The van der Waals surface area contributed by atoms with Crippen LogP contribution < -0.4 is 5.43 Å². The van der Waals surface area contributed by atoms with Crippen LogP contribution in [-0.4, -0.2) is 17.1 Å². The van der Waals surface area contributed by atoms with E-state index < -0.39 is 0 Å². The Balaban J connectivity index is 1.53. The van der Waals surface area contributed by atoms with Crippen molar-refractivity contribution in [3.8, 4) is 11.1 Å². The Labute approximate surface area is 210 Å². The monoisotopic (exact) mass is 517 g/mol. The minimum Gasteiger partial charge on any atom is -0.350 e. The number of benzene rings is 2. The molecule has 0 aliphatic heterocycles. The van der Waals surface area contributed by atoms with Gasteiger partial charge in [0.25, 0.3) is 5.91 Å². The quantitative estimate of drug-likeness (QED) is 0.193. The van der Waals surface area contributed by atoms with Gasteiger partial charge in [-0.15, -0.1) is 0 Å². The third-order valence-corrected chi connectivity index (χ3v) is 7.29. The van der Waals surface area contributed by atoms with E-state index >= 15 is 0 Å². The van der Waals surface area contributed by atoms with E-state index in [-0.39, 0.29) is 11.3 Å². The fourth-order valence-corrected chi connectivity index (χ4v) is 5.29. The Morgan fingerprint density at radius 3 is 2.71 bits per heavy atom. The van der Waals surface area contributed by atoms with Gasteiger partial charge in [-0.05, 0) is 74.3 Å². The number of H-pyrrole nitrogens is 1. The number of hydrogen-bond donors (Lipinski definition) is 2. The zero-order valence-corrected chi connectivity index (χ0v) is 21.9. The first-order valence-corrected chi connectivity index (χ1v) is 12.6. The number of aromatic nitrogens is 1. The lowest BCUT2D eigenvalue weighted by molar-refractivity contribution is 0.0951. The number of rotatable bonds is 6. The molecule has 2 aromatic carbocycles. The van der Waals surface area contributed by atoms with Crippen molar-refractivity contribution < 1.29 is 4.79 Å². The molecule has 0 unspecified atom stereocenters. The molecule has 176 valence electrons. The molecule has 1 amide bonds. The van der Waals surface area contributed by atoms with Crippen molar-refractivity contribution in [2.24, 2.45) is 10.5 Å². The molecule has 0 atom stereocenters. The number of amides is 1. The number of hydrazone groups is 1. The molecule has 3 aromatic rings. The van der Waals surface area contributed by atoms with Gasteiger partial charge in [-0.3, -0.25) is 4.79 Å². The summed E-state index contributed by atoms with van der Waals surface area (Å²) in [6.45, 7) is 8.96. The molecule has 1 aliphatic carbocycles. The molecule has 0 bridgehead atoms. The third kappa shape index (κ3) is 5.25. The summed E-state index contributed by atoms with van der Waals surface area (Å²) in [5.74, 6) is -0.262. The maximum atomic E-state index is 13.1. The number of carbonyl (C=O) groups is 1. The van der Waals surface area contributed by atoms with Crippen LogP contribution in [0.3, 0.4) is 0 Å². The molecule has 4 rings (SSSR count). The number of halogens is 1. The largest absolute Gasteiger partial charge is 0.350 e. The van der Waals surface area contributed by atoms with E-state index in [1.54, 1.807) is 6.21 Å². The predicted molar refractivity (Wildman–Crippen MR) is 146 cm³/mol. The Hall–Kier alpha value is -2.92. The number of nitrogens with one attached hydrogen (secondary N) is 2. The van der Waals surface area contributed by atoms with Gasteiger partial charge in [-0.2, -0.15) is 5.10 Å². The van der Waals surface area contributed by atoms with Crippen molar-refractivity contribution in [2.45, 2.75) is 53.4 Å². The number of fused-ring (bicyclic) bond motifs is 1. The molecule has 1 heterocycles. The number of aromatic amines is 1. The molecule has 0 saturated carbocycles. The molecule has 0 saturated heterocycles. The summed E-state index contributed by atoms with van der Waals surface area (Å²) in [5.41, 5.74) is 10.3. The SMILES string of the molecule is CC(C=NNC(=O)c1[nH]c2ccc(Br)cc2c1-c1ccccc1)=CCC1=C(C)CCCC1(C)C. The van der Waals surface area contributed by atoms with Crippen molar-refractivity contribution in [1.82, 2.24) is 10.4 Å². The van der Waals surface area contributed by atoms with Crippen molar-refractivity contribution in [1.29, 1.82) is 0 Å². The predicted octanol–water partition coefficient (Wildman–Crippen LogP) is 8.18. The van der Waals surface area contributed by atoms with Gasteiger partial charge in [0, 0.05) is 27.2 Å². The lowest BCUT2D eigenvalue weighted by atomic mass is 9.71. The normalized spacial score (nSPS) is 16.4. The van der Waals surface area contributed by atoms with Crippen molar-refractivity contribution >= 4 is 39.0 Å². The first kappa shape index (κ1) is 24.2. The van der Waals surface area contributed by atoms with Gasteiger partial charge in [0.1, 0.15) is 5.69 Å². The standard InChI is InChI=1S/C29H32BrN3O/c1-19(12-14-24-20(2)9-8-16-29(24,3)4)18-31-33-28(34)27-26(21-10-6-5-7-11-21)23-17-22(30)13-15-25(23)32-27/h5-7,10-13,15,17-18,32H,8-9,14,16H2,1-4H3,(H,33,34). The molecular weight excluding hydrogens is 486 g/mol. The maximum absolute atomic E-state index is 13.1. The van der Waals surface area contributed by atoms with Gasteiger partial charge in [0.15, 0.2) is 0 Å². The highest BCUT2D eigenvalue weighted by molar-refractivity contribution is 9.10. The number of carbonyl (C=O) groups excluding carboxylic acids is 1. The topological polar surface area (TPSA) is 57.2 Å². The van der Waals surface area contributed by atoms with Crippen LogP contribution in [0.1, 0.15) is 63.9 Å². The zero-order valence-electron chi connectivity index (χ0n) is 20.3. The van der Waals surface area contributed by atoms with Crippen LogP contribution in [0, 0.1) is 5.41 Å². The molecule has 1 aliphatic rings. The molecule has 0 spiro atoms. The molecule has 34 heavy (non-hydrogen) atoms. The fraction of sp³-hybridized carbons (Fsp3) is 0.310. The van der Waals surface area contributed by atoms with E-state index in [2.05, 4.69) is 58.3 Å². The second-order valence-electron chi connectivity index (χ2n) is 9.78. The van der Waals surface area contributed by atoms with E-state index in [1.165, 1.54) is 30.4 Å². The van der Waals surface area contributed by atoms with Crippen LogP contribution in [0.2, 0.25) is 0 Å². The lowest BCUT2D eigenvalue weighted by Gasteiger charge is -2.34. The average molecular weight is 518 g/mol. The van der Waals surface area contributed by atoms with Crippen LogP contribution in [0.4, 0.5) is 0 Å². The number of allylic oxidation sites excluding steroid dienone is 4. The van der Waals surface area contributed by atoms with E-state index in [1.807, 2.05) is 55.5 Å². The first-order valence-electron chi connectivity index (χ1n) is 11.8. The van der Waals surface area contributed by atoms with Gasteiger partial charge in [-0.1, -0.05) is 77.3 Å². The Bertz CT molecular complexity index is 1300. The second kappa shape index (κ2) is 10.1. The highest BCUT2D eigenvalue weighted by Crippen LogP contribution is 2.42. The van der Waals surface area contributed by atoms with Gasteiger partial charge < -0.3 is 4.98 Å². The summed E-state index contributed by atoms with van der Waals surface area (Å²) in [5, 5.41) is 5.24. The van der Waals surface area contributed by atoms with Crippen molar-refractivity contribution in [3.63, 3.8) is 0 Å². The summed E-state index contributed by atoms with van der Waals surface area (Å²) in [6.07, 6.45) is 8.57. The number of nitrogens with zero attached hydrogens (tertiary/aromatic N) is 1. The first-order chi connectivity index (χ1) is 16.3. The van der Waals surface area contributed by atoms with Crippen molar-refractivity contribution in [2.75, 3.05) is 0 Å². The zero-order chi connectivity index (χ0) is 24.3. The summed E-state index contributed by atoms with van der Waals surface area (Å²) >= 11 is 3.55. The van der Waals surface area contributed by atoms with Crippen LogP contribution in [0.25, 0.3) is 22.0 Å². The molecule has 2 N–H and O–H groups in total. The van der Waals surface area contributed by atoms with E-state index in [0.717, 1.165) is 38.5 Å². The van der Waals surface area contributed by atoms with Gasteiger partial charge in [0.2, 0.25) is 0 Å². The molecule has 4 nitrogen and oxygen atoms in total.